The highest BCUT2D eigenvalue weighted by Gasteiger charge is 2.40. The normalized spacial score (nSPS) is 18.5. The van der Waals surface area contributed by atoms with E-state index in [4.69, 9.17) is 0 Å². The largest absolute Gasteiger partial charge is 0.481 e. The van der Waals surface area contributed by atoms with Gasteiger partial charge >= 0.3 is 5.97 Å². The number of carbonyl (C=O) groups is 1. The minimum Gasteiger partial charge on any atom is -0.481 e. The van der Waals surface area contributed by atoms with Crippen molar-refractivity contribution in [2.45, 2.75) is 38.5 Å². The second-order valence-electron chi connectivity index (χ2n) is 5.26. The van der Waals surface area contributed by atoms with Crippen LogP contribution in [0.25, 0.3) is 10.3 Å². The number of aromatic nitrogens is 2. The lowest BCUT2D eigenvalue weighted by atomic mass is 9.72. The lowest BCUT2D eigenvalue weighted by Crippen LogP contribution is -2.35. The molecule has 0 atom stereocenters. The SMILES string of the molecule is O=C(O)C1(Cc2nc3cccnc3s2)CCCCC1. The van der Waals surface area contributed by atoms with Gasteiger partial charge in [-0.3, -0.25) is 4.79 Å². The number of aliphatic carboxylic acids is 1. The Balaban J connectivity index is 1.91. The van der Waals surface area contributed by atoms with Gasteiger partial charge in [-0.25, -0.2) is 9.97 Å². The van der Waals surface area contributed by atoms with Crippen LogP contribution >= 0.6 is 11.3 Å². The molecule has 0 saturated heterocycles. The average Bonchev–Trinajstić information content (AvgIpc) is 2.81. The zero-order valence-electron chi connectivity index (χ0n) is 10.6. The van der Waals surface area contributed by atoms with Gasteiger partial charge in [0.15, 0.2) is 0 Å². The molecule has 0 aliphatic heterocycles. The molecule has 2 aromatic rings. The summed E-state index contributed by atoms with van der Waals surface area (Å²) in [6, 6.07) is 3.79. The van der Waals surface area contributed by atoms with Gasteiger partial charge in [0.2, 0.25) is 0 Å². The molecule has 4 nitrogen and oxygen atoms in total. The summed E-state index contributed by atoms with van der Waals surface area (Å²) in [6.07, 6.45) is 7.00. The number of hydrogen-bond acceptors (Lipinski definition) is 4. The van der Waals surface area contributed by atoms with E-state index in [0.29, 0.717) is 6.42 Å². The van der Waals surface area contributed by atoms with Crippen molar-refractivity contribution in [1.29, 1.82) is 0 Å². The van der Waals surface area contributed by atoms with Gasteiger partial charge in [0.05, 0.1) is 10.4 Å². The summed E-state index contributed by atoms with van der Waals surface area (Å²) in [5, 5.41) is 10.5. The van der Waals surface area contributed by atoms with Crippen molar-refractivity contribution < 1.29 is 9.90 Å². The average molecular weight is 276 g/mol. The second kappa shape index (κ2) is 4.89. The number of hydrogen-bond donors (Lipinski definition) is 1. The predicted octanol–water partition coefficient (Wildman–Crippen LogP) is 3.27. The van der Waals surface area contributed by atoms with Gasteiger partial charge in [0.25, 0.3) is 0 Å². The standard InChI is InChI=1S/C14H16N2O2S/c17-13(18)14(6-2-1-3-7-14)9-11-16-10-5-4-8-15-12(10)19-11/h4-5,8H,1-3,6-7,9H2,(H,17,18). The van der Waals surface area contributed by atoms with Crippen LogP contribution in [-0.2, 0) is 11.2 Å². The van der Waals surface area contributed by atoms with Crippen molar-refractivity contribution in [3.05, 3.63) is 23.3 Å². The zero-order chi connectivity index (χ0) is 13.3. The molecule has 1 fully saturated rings. The highest BCUT2D eigenvalue weighted by Crippen LogP contribution is 2.40. The molecule has 0 amide bonds. The number of carboxylic acid groups (broad SMARTS) is 1. The number of nitrogens with zero attached hydrogens (tertiary/aromatic N) is 2. The molecule has 0 aromatic carbocycles. The van der Waals surface area contributed by atoms with E-state index in [2.05, 4.69) is 9.97 Å². The Labute approximate surface area is 115 Å². The number of thiazole rings is 1. The van der Waals surface area contributed by atoms with Crippen molar-refractivity contribution in [2.75, 3.05) is 0 Å². The molecule has 1 N–H and O–H groups in total. The van der Waals surface area contributed by atoms with Crippen LogP contribution in [0.15, 0.2) is 18.3 Å². The van der Waals surface area contributed by atoms with Crippen LogP contribution in [0, 0.1) is 5.41 Å². The zero-order valence-corrected chi connectivity index (χ0v) is 11.4. The number of pyridine rings is 1. The quantitative estimate of drug-likeness (QED) is 0.934. The predicted molar refractivity (Wildman–Crippen MR) is 74.3 cm³/mol. The molecule has 5 heteroatoms. The second-order valence-corrected chi connectivity index (χ2v) is 6.32. The number of fused-ring (bicyclic) bond motifs is 1. The van der Waals surface area contributed by atoms with Crippen LogP contribution in [0.5, 0.6) is 0 Å². The Morgan fingerprint density at radius 3 is 2.84 bits per heavy atom. The van der Waals surface area contributed by atoms with Crippen molar-refractivity contribution in [3.63, 3.8) is 0 Å². The molecule has 1 aliphatic carbocycles. The van der Waals surface area contributed by atoms with Crippen LogP contribution in [-0.4, -0.2) is 21.0 Å². The minimum absolute atomic E-state index is 0.545. The van der Waals surface area contributed by atoms with E-state index in [-0.39, 0.29) is 0 Å². The summed E-state index contributed by atoms with van der Waals surface area (Å²) >= 11 is 1.52. The first-order chi connectivity index (χ1) is 9.20. The van der Waals surface area contributed by atoms with E-state index >= 15 is 0 Å². The Kier molecular flexibility index (Phi) is 3.22. The monoisotopic (exact) mass is 276 g/mol. The van der Waals surface area contributed by atoms with E-state index < -0.39 is 11.4 Å². The molecule has 3 rings (SSSR count). The van der Waals surface area contributed by atoms with E-state index in [0.717, 1.165) is 47.5 Å². The lowest BCUT2D eigenvalue weighted by Gasteiger charge is -2.32. The first kappa shape index (κ1) is 12.5. The van der Waals surface area contributed by atoms with Crippen molar-refractivity contribution in [2.24, 2.45) is 5.41 Å². The molecular formula is C14H16N2O2S. The van der Waals surface area contributed by atoms with E-state index in [1.54, 1.807) is 6.20 Å². The molecule has 2 heterocycles. The first-order valence-electron chi connectivity index (χ1n) is 6.63. The smallest absolute Gasteiger partial charge is 0.310 e. The Morgan fingerprint density at radius 1 is 1.37 bits per heavy atom. The number of rotatable bonds is 3. The third-order valence-corrected chi connectivity index (χ3v) is 4.94. The fraction of sp³-hybridized carbons (Fsp3) is 0.500. The molecule has 0 bridgehead atoms. The van der Waals surface area contributed by atoms with Crippen molar-refractivity contribution >= 4 is 27.7 Å². The van der Waals surface area contributed by atoms with Gasteiger partial charge in [-0.2, -0.15) is 0 Å². The van der Waals surface area contributed by atoms with Gasteiger partial charge < -0.3 is 5.11 Å². The highest BCUT2D eigenvalue weighted by atomic mass is 32.1. The number of carboxylic acids is 1. The van der Waals surface area contributed by atoms with Crippen molar-refractivity contribution in [1.82, 2.24) is 9.97 Å². The molecular weight excluding hydrogens is 260 g/mol. The fourth-order valence-electron chi connectivity index (χ4n) is 2.87. The molecule has 0 spiro atoms. The third kappa shape index (κ3) is 2.34. The highest BCUT2D eigenvalue weighted by molar-refractivity contribution is 7.18. The maximum absolute atomic E-state index is 11.7. The van der Waals surface area contributed by atoms with Gasteiger partial charge in [-0.05, 0) is 25.0 Å². The van der Waals surface area contributed by atoms with Crippen LogP contribution in [0.3, 0.4) is 0 Å². The molecule has 2 aromatic heterocycles. The van der Waals surface area contributed by atoms with Crippen LogP contribution in [0.1, 0.15) is 37.1 Å². The first-order valence-corrected chi connectivity index (χ1v) is 7.45. The Morgan fingerprint density at radius 2 is 2.16 bits per heavy atom. The Hall–Kier alpha value is -1.49. The van der Waals surface area contributed by atoms with E-state index in [1.807, 2.05) is 12.1 Å². The maximum Gasteiger partial charge on any atom is 0.310 e. The topological polar surface area (TPSA) is 63.1 Å². The van der Waals surface area contributed by atoms with Gasteiger partial charge in [0, 0.05) is 12.6 Å². The van der Waals surface area contributed by atoms with Crippen LogP contribution < -0.4 is 0 Å². The summed E-state index contributed by atoms with van der Waals surface area (Å²) in [5.41, 5.74) is 0.269. The van der Waals surface area contributed by atoms with E-state index in [1.165, 1.54) is 11.3 Å². The summed E-state index contributed by atoms with van der Waals surface area (Å²) in [7, 11) is 0. The summed E-state index contributed by atoms with van der Waals surface area (Å²) in [4.78, 5) is 21.4. The van der Waals surface area contributed by atoms with Gasteiger partial charge in [0.1, 0.15) is 10.3 Å². The minimum atomic E-state index is -0.667. The van der Waals surface area contributed by atoms with Gasteiger partial charge in [-0.1, -0.05) is 30.6 Å². The molecule has 100 valence electrons. The summed E-state index contributed by atoms with van der Waals surface area (Å²) in [5.74, 6) is -0.667. The fourth-order valence-corrected chi connectivity index (χ4v) is 3.92. The third-order valence-electron chi connectivity index (χ3n) is 3.96. The molecule has 0 unspecified atom stereocenters. The summed E-state index contributed by atoms with van der Waals surface area (Å²) in [6.45, 7) is 0. The van der Waals surface area contributed by atoms with Crippen molar-refractivity contribution in [3.8, 4) is 0 Å². The van der Waals surface area contributed by atoms with Gasteiger partial charge in [-0.15, -0.1) is 0 Å². The molecule has 1 aliphatic rings. The van der Waals surface area contributed by atoms with Crippen LogP contribution in [0.4, 0.5) is 0 Å². The maximum atomic E-state index is 11.7. The summed E-state index contributed by atoms with van der Waals surface area (Å²) < 4.78 is 0. The Bertz CT molecular complexity index is 569. The molecule has 19 heavy (non-hydrogen) atoms. The van der Waals surface area contributed by atoms with Crippen LogP contribution in [0.2, 0.25) is 0 Å². The molecule has 1 saturated carbocycles. The molecule has 0 radical (unpaired) electrons. The lowest BCUT2D eigenvalue weighted by molar-refractivity contribution is -0.151. The van der Waals surface area contributed by atoms with E-state index in [9.17, 15) is 9.90 Å².